The quantitative estimate of drug-likeness (QED) is 0.310. The Kier molecular flexibility index (Phi) is 24.6. The molecule has 0 aromatic rings. The second kappa shape index (κ2) is 9.36. The summed E-state index contributed by atoms with van der Waals surface area (Å²) in [5.41, 5.74) is 0. The molecule has 0 saturated carbocycles. The van der Waals surface area contributed by atoms with E-state index in [2.05, 4.69) is 0 Å². The third kappa shape index (κ3) is 82.1. The zero-order valence-electron chi connectivity index (χ0n) is 6.51. The Hall–Kier alpha value is 0.981. The van der Waals surface area contributed by atoms with Gasteiger partial charge in [-0.1, -0.05) is 0 Å². The fourth-order valence-corrected chi connectivity index (χ4v) is 0. The molecule has 0 aliphatic rings. The molecule has 0 rings (SSSR count). The van der Waals surface area contributed by atoms with Crippen molar-refractivity contribution in [1.29, 1.82) is 0 Å². The zero-order valence-corrected chi connectivity index (χ0v) is 5.92. The Morgan fingerprint density at radius 1 is 1.50 bits per heavy atom. The van der Waals surface area contributed by atoms with Crippen molar-refractivity contribution in [1.82, 2.24) is 0 Å². The molecule has 2 N–H and O–H groups in total. The van der Waals surface area contributed by atoms with Crippen molar-refractivity contribution in [3.8, 4) is 0 Å². The van der Waals surface area contributed by atoms with E-state index < -0.39 is 9.17 Å². The average Bonchev–Trinajstić information content (AvgIpc) is 0.811. The first-order valence-corrected chi connectivity index (χ1v) is 1.95. The molecule has 30 valence electrons. The van der Waals surface area contributed by atoms with Gasteiger partial charge in [0.1, 0.15) is 0 Å². The first-order chi connectivity index (χ1) is 1.73. The van der Waals surface area contributed by atoms with Crippen molar-refractivity contribution in [2.75, 3.05) is 0 Å². The van der Waals surface area contributed by atoms with Crippen LogP contribution >= 0.6 is 0 Å². The number of hydrogen-bond donors (Lipinski definition) is 2. The summed E-state index contributed by atoms with van der Waals surface area (Å²) in [6.07, 6.45) is 0. The first kappa shape index (κ1) is 15.8. The van der Waals surface area contributed by atoms with E-state index in [0.717, 1.165) is 0 Å². The summed E-state index contributed by atoms with van der Waals surface area (Å²) >= 11 is 0. The smallest absolute Gasteiger partial charge is 1.00 e. The minimum Gasteiger partial charge on any atom is -1.00 e. The molecule has 0 saturated heterocycles. The van der Waals surface area contributed by atoms with E-state index in [1.165, 1.54) is 0 Å². The van der Waals surface area contributed by atoms with Gasteiger partial charge >= 0.3 is 51.1 Å². The SMILES string of the molecule is O=[Si](O)O.[H-].[H-].[H-].[Li+].[Mg+2]. The average molecular weight is 112 g/mol. The van der Waals surface area contributed by atoms with E-state index in [1.54, 1.807) is 0 Å². The fourth-order valence-electron chi connectivity index (χ4n) is 0. The van der Waals surface area contributed by atoms with Gasteiger partial charge in [-0.2, -0.15) is 0 Å². The van der Waals surface area contributed by atoms with E-state index in [1.807, 2.05) is 0 Å². The van der Waals surface area contributed by atoms with Crippen LogP contribution < -0.4 is 18.9 Å². The van der Waals surface area contributed by atoms with E-state index in [-0.39, 0.29) is 46.2 Å². The molecule has 3 nitrogen and oxygen atoms in total. The molecular formula is H5LiMgO3Si. The van der Waals surface area contributed by atoms with Crippen LogP contribution in [-0.2, 0) is 4.46 Å². The van der Waals surface area contributed by atoms with E-state index in [9.17, 15) is 0 Å². The molecule has 0 aliphatic heterocycles. The predicted octanol–water partition coefficient (Wildman–Crippen LogP) is -4.65. The van der Waals surface area contributed by atoms with Crippen LogP contribution in [0.1, 0.15) is 4.28 Å². The van der Waals surface area contributed by atoms with Gasteiger partial charge in [-0.25, -0.2) is 0 Å². The van der Waals surface area contributed by atoms with Gasteiger partial charge in [0.2, 0.25) is 0 Å². The van der Waals surface area contributed by atoms with Crippen LogP contribution in [0.3, 0.4) is 0 Å². The van der Waals surface area contributed by atoms with Crippen molar-refractivity contribution in [2.45, 2.75) is 0 Å². The van der Waals surface area contributed by atoms with Gasteiger partial charge in [-0.05, 0) is 0 Å². The molecule has 6 heteroatoms. The molecule has 0 fully saturated rings. The standard InChI is InChI=1S/Li.Mg.H2O3Si.3H/c;;1-4(2)3;;;/h;;1-2H;;;/q+1;+2;;3*-1. The van der Waals surface area contributed by atoms with Crippen molar-refractivity contribution < 1.29 is 37.2 Å². The summed E-state index contributed by atoms with van der Waals surface area (Å²) in [6.45, 7) is 0. The van der Waals surface area contributed by atoms with Crippen LogP contribution in [0.15, 0.2) is 0 Å². The summed E-state index contributed by atoms with van der Waals surface area (Å²) in [5, 5.41) is 0. The maximum atomic E-state index is 8.74. The van der Waals surface area contributed by atoms with Gasteiger partial charge in [0.05, 0.1) is 0 Å². The monoisotopic (exact) mass is 112 g/mol. The molecule has 0 aromatic heterocycles. The van der Waals surface area contributed by atoms with Crippen molar-refractivity contribution in [3.63, 3.8) is 0 Å². The molecule has 0 heterocycles. The summed E-state index contributed by atoms with van der Waals surface area (Å²) in [4.78, 5) is 14.3. The van der Waals surface area contributed by atoms with Crippen LogP contribution in [-0.4, -0.2) is 41.8 Å². The Bertz CT molecular complexity index is 42.0. The van der Waals surface area contributed by atoms with Crippen LogP contribution in [0.2, 0.25) is 0 Å². The largest absolute Gasteiger partial charge is 2.00 e. The molecule has 0 atom stereocenters. The minimum absolute atomic E-state index is 0. The Balaban J connectivity index is -0.00000000450. The maximum absolute atomic E-state index is 8.74. The first-order valence-electron chi connectivity index (χ1n) is 0.651. The molecule has 0 unspecified atom stereocenters. The molecule has 0 bridgehead atoms. The van der Waals surface area contributed by atoms with Crippen molar-refractivity contribution >= 4 is 32.2 Å². The molecule has 0 aromatic carbocycles. The van der Waals surface area contributed by atoms with Crippen molar-refractivity contribution in [3.05, 3.63) is 0 Å². The van der Waals surface area contributed by atoms with Gasteiger partial charge in [0.25, 0.3) is 0 Å². The third-order valence-corrected chi connectivity index (χ3v) is 0. The number of hydrogen-bond acceptors (Lipinski definition) is 1. The molecule has 0 spiro atoms. The van der Waals surface area contributed by atoms with Crippen LogP contribution in [0, 0.1) is 0 Å². The third-order valence-electron chi connectivity index (χ3n) is 0. The van der Waals surface area contributed by atoms with E-state index in [0.29, 0.717) is 0 Å². The van der Waals surface area contributed by atoms with Crippen molar-refractivity contribution in [2.24, 2.45) is 0 Å². The second-order valence-electron chi connectivity index (χ2n) is 0.283. The summed E-state index contributed by atoms with van der Waals surface area (Å²) in [6, 6.07) is 0. The number of rotatable bonds is 0. The Morgan fingerprint density at radius 3 is 1.50 bits per heavy atom. The predicted molar refractivity (Wildman–Crippen MR) is 20.0 cm³/mol. The van der Waals surface area contributed by atoms with E-state index >= 15 is 0 Å². The topological polar surface area (TPSA) is 57.5 Å². The molecule has 0 aliphatic carbocycles. The van der Waals surface area contributed by atoms with Gasteiger partial charge in [0, 0.05) is 0 Å². The zero-order chi connectivity index (χ0) is 3.58. The maximum Gasteiger partial charge on any atom is 2.00 e. The van der Waals surface area contributed by atoms with Crippen LogP contribution in [0.5, 0.6) is 0 Å². The second-order valence-corrected chi connectivity index (χ2v) is 0.848. The van der Waals surface area contributed by atoms with E-state index in [4.69, 9.17) is 14.1 Å². The summed E-state index contributed by atoms with van der Waals surface area (Å²) in [5.74, 6) is 0. The van der Waals surface area contributed by atoms with Crippen LogP contribution in [0.4, 0.5) is 0 Å². The normalized spacial score (nSPS) is 4.00. The van der Waals surface area contributed by atoms with Gasteiger partial charge < -0.3 is 13.9 Å². The Labute approximate surface area is 69.4 Å². The van der Waals surface area contributed by atoms with Crippen LogP contribution in [0.25, 0.3) is 0 Å². The summed E-state index contributed by atoms with van der Waals surface area (Å²) < 4.78 is 8.74. The van der Waals surface area contributed by atoms with Gasteiger partial charge in [0.15, 0.2) is 0 Å². The Morgan fingerprint density at radius 2 is 1.50 bits per heavy atom. The molecular weight excluding hydrogens is 107 g/mol. The summed E-state index contributed by atoms with van der Waals surface area (Å²) in [7, 11) is -3.13. The molecule has 0 amide bonds. The minimum atomic E-state index is -3.13. The van der Waals surface area contributed by atoms with Gasteiger partial charge in [-0.15, -0.1) is 0 Å². The molecule has 0 radical (unpaired) electrons. The fraction of sp³-hybridized carbons (Fsp3) is 0. The molecule has 6 heavy (non-hydrogen) atoms. The van der Waals surface area contributed by atoms with Gasteiger partial charge in [-0.3, -0.25) is 4.46 Å².